The van der Waals surface area contributed by atoms with Crippen LogP contribution in [0.4, 0.5) is 0 Å². The van der Waals surface area contributed by atoms with Gasteiger partial charge in [0, 0.05) is 26.0 Å². The molecule has 2 heterocycles. The number of thiophene rings is 1. The SMILES string of the molecule is O=c1[nH]c(SC/C(=C\Cl)Sc2ccccc2)nc2sc3c(c12)CCCC3. The van der Waals surface area contributed by atoms with Crippen molar-refractivity contribution in [3.63, 3.8) is 0 Å². The summed E-state index contributed by atoms with van der Waals surface area (Å²) >= 11 is 10.8. The first-order valence-electron chi connectivity index (χ1n) is 8.44. The highest BCUT2D eigenvalue weighted by molar-refractivity contribution is 8.05. The smallest absolute Gasteiger partial charge is 0.260 e. The van der Waals surface area contributed by atoms with Crippen LogP contribution in [0.5, 0.6) is 0 Å². The van der Waals surface area contributed by atoms with E-state index in [9.17, 15) is 4.79 Å². The Morgan fingerprint density at radius 3 is 2.88 bits per heavy atom. The van der Waals surface area contributed by atoms with E-state index in [0.29, 0.717) is 10.9 Å². The van der Waals surface area contributed by atoms with Crippen molar-refractivity contribution in [3.05, 3.63) is 61.6 Å². The fourth-order valence-corrected chi connectivity index (χ4v) is 6.43. The highest BCUT2D eigenvalue weighted by Crippen LogP contribution is 2.35. The minimum absolute atomic E-state index is 0.0102. The van der Waals surface area contributed by atoms with Gasteiger partial charge in [-0.3, -0.25) is 4.79 Å². The fraction of sp³-hybridized carbons (Fsp3) is 0.263. The zero-order valence-corrected chi connectivity index (χ0v) is 17.2. The lowest BCUT2D eigenvalue weighted by Crippen LogP contribution is -2.11. The molecule has 134 valence electrons. The van der Waals surface area contributed by atoms with E-state index >= 15 is 0 Å². The van der Waals surface area contributed by atoms with Crippen molar-refractivity contribution in [2.45, 2.75) is 35.7 Å². The summed E-state index contributed by atoms with van der Waals surface area (Å²) in [4.78, 5) is 24.6. The molecule has 0 bridgehead atoms. The van der Waals surface area contributed by atoms with E-state index in [0.717, 1.165) is 39.3 Å². The maximum absolute atomic E-state index is 12.6. The van der Waals surface area contributed by atoms with Gasteiger partial charge in [-0.25, -0.2) is 4.98 Å². The van der Waals surface area contributed by atoms with Crippen LogP contribution < -0.4 is 5.56 Å². The number of rotatable bonds is 5. The Morgan fingerprint density at radius 2 is 2.08 bits per heavy atom. The van der Waals surface area contributed by atoms with E-state index < -0.39 is 0 Å². The largest absolute Gasteiger partial charge is 0.301 e. The van der Waals surface area contributed by atoms with Crippen molar-refractivity contribution >= 4 is 56.7 Å². The van der Waals surface area contributed by atoms with E-state index in [2.05, 4.69) is 17.1 Å². The van der Waals surface area contributed by atoms with Crippen LogP contribution in [0.15, 0.2) is 55.6 Å². The van der Waals surface area contributed by atoms with Gasteiger partial charge in [0.05, 0.1) is 5.39 Å². The zero-order valence-electron chi connectivity index (χ0n) is 14.0. The number of H-pyrrole nitrogens is 1. The molecule has 3 aromatic rings. The van der Waals surface area contributed by atoms with Crippen molar-refractivity contribution in [2.75, 3.05) is 5.75 Å². The standard InChI is InChI=1S/C19H17ClN2OS3/c20-10-13(25-12-6-2-1-3-7-12)11-24-19-21-17(23)16-14-8-4-5-9-15(14)26-18(16)22-19/h1-3,6-7,10H,4-5,8-9,11H2,(H,21,22,23)/b13-10+. The van der Waals surface area contributed by atoms with E-state index in [1.165, 1.54) is 28.6 Å². The van der Waals surface area contributed by atoms with Gasteiger partial charge in [0.1, 0.15) is 4.83 Å². The number of thioether (sulfide) groups is 2. The molecule has 4 rings (SSSR count). The van der Waals surface area contributed by atoms with Crippen LogP contribution in [-0.4, -0.2) is 15.7 Å². The second kappa shape index (κ2) is 8.21. The number of aromatic amines is 1. The molecule has 0 fully saturated rings. The summed E-state index contributed by atoms with van der Waals surface area (Å²) in [5, 5.41) is 1.46. The van der Waals surface area contributed by atoms with Crippen LogP contribution in [0.1, 0.15) is 23.3 Å². The first-order chi connectivity index (χ1) is 12.7. The number of nitrogens with zero attached hydrogens (tertiary/aromatic N) is 1. The summed E-state index contributed by atoms with van der Waals surface area (Å²) < 4.78 is 0. The number of nitrogens with one attached hydrogen (secondary N) is 1. The highest BCUT2D eigenvalue weighted by Gasteiger charge is 2.19. The molecule has 0 atom stereocenters. The highest BCUT2D eigenvalue weighted by atomic mass is 35.5. The summed E-state index contributed by atoms with van der Waals surface area (Å²) in [6.45, 7) is 0. The molecule has 0 aliphatic heterocycles. The summed E-state index contributed by atoms with van der Waals surface area (Å²) in [6, 6.07) is 10.1. The van der Waals surface area contributed by atoms with Gasteiger partial charge < -0.3 is 4.98 Å². The number of aromatic nitrogens is 2. The summed E-state index contributed by atoms with van der Waals surface area (Å²) in [5.41, 5.74) is 2.82. The minimum Gasteiger partial charge on any atom is -0.301 e. The maximum atomic E-state index is 12.6. The number of aryl methyl sites for hydroxylation is 2. The van der Waals surface area contributed by atoms with Crippen molar-refractivity contribution in [2.24, 2.45) is 0 Å². The predicted molar refractivity (Wildman–Crippen MR) is 114 cm³/mol. The topological polar surface area (TPSA) is 45.8 Å². The molecule has 0 amide bonds. The molecule has 26 heavy (non-hydrogen) atoms. The van der Waals surface area contributed by atoms with Gasteiger partial charge >= 0.3 is 0 Å². The Morgan fingerprint density at radius 1 is 1.27 bits per heavy atom. The van der Waals surface area contributed by atoms with Crippen molar-refractivity contribution in [3.8, 4) is 0 Å². The third-order valence-corrected chi connectivity index (χ3v) is 7.98. The van der Waals surface area contributed by atoms with E-state index in [1.807, 2.05) is 18.2 Å². The number of hydrogen-bond acceptors (Lipinski definition) is 5. The third kappa shape index (κ3) is 3.88. The average Bonchev–Trinajstić information content (AvgIpc) is 3.04. The Balaban J connectivity index is 1.53. The van der Waals surface area contributed by atoms with E-state index in [4.69, 9.17) is 16.6 Å². The molecule has 1 N–H and O–H groups in total. The molecule has 7 heteroatoms. The lowest BCUT2D eigenvalue weighted by atomic mass is 9.97. The lowest BCUT2D eigenvalue weighted by Gasteiger charge is -2.09. The monoisotopic (exact) mass is 420 g/mol. The van der Waals surface area contributed by atoms with Gasteiger partial charge in [0.25, 0.3) is 5.56 Å². The van der Waals surface area contributed by atoms with Crippen molar-refractivity contribution in [1.82, 2.24) is 9.97 Å². The molecule has 0 unspecified atom stereocenters. The molecule has 3 nitrogen and oxygen atoms in total. The van der Waals surface area contributed by atoms with Gasteiger partial charge in [0.2, 0.25) is 0 Å². The normalized spacial score (nSPS) is 14.6. The fourth-order valence-electron chi connectivity index (χ4n) is 3.08. The molecule has 2 aromatic heterocycles. The summed E-state index contributed by atoms with van der Waals surface area (Å²) in [5.74, 6) is 0.669. The van der Waals surface area contributed by atoms with Crippen LogP contribution >= 0.6 is 46.5 Å². The van der Waals surface area contributed by atoms with Crippen LogP contribution in [0.2, 0.25) is 0 Å². The Labute approximate surface area is 169 Å². The molecule has 1 aliphatic carbocycles. The molecule has 1 aromatic carbocycles. The Hall–Kier alpha value is -1.21. The number of hydrogen-bond donors (Lipinski definition) is 1. The summed E-state index contributed by atoms with van der Waals surface area (Å²) in [6.07, 6.45) is 4.44. The Kier molecular flexibility index (Phi) is 5.74. The van der Waals surface area contributed by atoms with Crippen LogP contribution in [0, 0.1) is 0 Å². The maximum Gasteiger partial charge on any atom is 0.260 e. The average molecular weight is 421 g/mol. The van der Waals surface area contributed by atoms with Gasteiger partial charge in [-0.2, -0.15) is 0 Å². The second-order valence-electron chi connectivity index (χ2n) is 6.04. The molecular formula is C19H17ClN2OS3. The zero-order chi connectivity index (χ0) is 17.9. The summed E-state index contributed by atoms with van der Waals surface area (Å²) in [7, 11) is 0. The third-order valence-electron chi connectivity index (χ3n) is 4.27. The van der Waals surface area contributed by atoms with Crippen molar-refractivity contribution in [1.29, 1.82) is 0 Å². The molecule has 0 saturated heterocycles. The lowest BCUT2D eigenvalue weighted by molar-refractivity contribution is 0.700. The quantitative estimate of drug-likeness (QED) is 0.416. The first-order valence-corrected chi connectivity index (χ1v) is 11.5. The molecule has 1 aliphatic rings. The van der Waals surface area contributed by atoms with Gasteiger partial charge in [0.15, 0.2) is 5.16 Å². The van der Waals surface area contributed by atoms with Crippen LogP contribution in [0.25, 0.3) is 10.2 Å². The number of fused-ring (bicyclic) bond motifs is 3. The predicted octanol–water partition coefficient (Wildman–Crippen LogP) is 5.83. The van der Waals surface area contributed by atoms with Crippen molar-refractivity contribution < 1.29 is 0 Å². The van der Waals surface area contributed by atoms with Crippen LogP contribution in [0.3, 0.4) is 0 Å². The minimum atomic E-state index is -0.0102. The number of benzene rings is 1. The molecule has 0 saturated carbocycles. The van der Waals surface area contributed by atoms with E-state index in [-0.39, 0.29) is 5.56 Å². The molecule has 0 radical (unpaired) electrons. The van der Waals surface area contributed by atoms with Crippen LogP contribution in [-0.2, 0) is 12.8 Å². The number of halogens is 1. The van der Waals surface area contributed by atoms with Gasteiger partial charge in [-0.1, -0.05) is 53.3 Å². The first kappa shape index (κ1) is 18.2. The Bertz CT molecular complexity index is 1010. The van der Waals surface area contributed by atoms with Gasteiger partial charge in [-0.15, -0.1) is 11.3 Å². The molecular weight excluding hydrogens is 404 g/mol. The second-order valence-corrected chi connectivity index (χ2v) is 9.51. The molecule has 0 spiro atoms. The van der Waals surface area contributed by atoms with E-state index in [1.54, 1.807) is 28.6 Å². The van der Waals surface area contributed by atoms with Gasteiger partial charge in [-0.05, 0) is 43.4 Å².